The Hall–Kier alpha value is -0.570. The van der Waals surface area contributed by atoms with E-state index >= 15 is 0 Å². The first-order valence-corrected chi connectivity index (χ1v) is 6.92. The molecule has 0 bridgehead atoms. The lowest BCUT2D eigenvalue weighted by Gasteiger charge is -2.25. The molecule has 0 aromatic carbocycles. The summed E-state index contributed by atoms with van der Waals surface area (Å²) in [7, 11) is 0. The molecule has 2 unspecified atom stereocenters. The molecule has 2 fully saturated rings. The fraction of sp³-hybridized carbons (Fsp3) is 0.929. The lowest BCUT2D eigenvalue weighted by Crippen LogP contribution is -2.32. The predicted octanol–water partition coefficient (Wildman–Crippen LogP) is 2.75. The van der Waals surface area contributed by atoms with Crippen molar-refractivity contribution in [2.45, 2.75) is 58.4 Å². The normalized spacial score (nSPS) is 33.1. The van der Waals surface area contributed by atoms with Gasteiger partial charge in [-0.1, -0.05) is 13.8 Å². The smallest absolute Gasteiger partial charge is 0.303 e. The van der Waals surface area contributed by atoms with Crippen LogP contribution in [0.3, 0.4) is 0 Å². The zero-order chi connectivity index (χ0) is 12.5. The van der Waals surface area contributed by atoms with Crippen molar-refractivity contribution in [3.8, 4) is 0 Å². The highest BCUT2D eigenvalue weighted by Gasteiger charge is 2.36. The van der Waals surface area contributed by atoms with Crippen molar-refractivity contribution in [3.05, 3.63) is 0 Å². The molecule has 2 atom stereocenters. The molecule has 3 nitrogen and oxygen atoms in total. The Balaban J connectivity index is 1.76. The Morgan fingerprint density at radius 3 is 2.76 bits per heavy atom. The molecule has 2 aliphatic rings. The second kappa shape index (κ2) is 4.97. The standard InChI is InChI=1S/C14H25NO2/c1-14(2)7-5-12(9-14)15-8-6-11(10-15)3-4-13(16)17/h11-12H,3-10H2,1-2H3,(H,16,17). The maximum atomic E-state index is 10.6. The van der Waals surface area contributed by atoms with Crippen LogP contribution in [0.25, 0.3) is 0 Å². The van der Waals surface area contributed by atoms with Crippen molar-refractivity contribution >= 4 is 5.97 Å². The van der Waals surface area contributed by atoms with Crippen molar-refractivity contribution in [1.29, 1.82) is 0 Å². The summed E-state index contributed by atoms with van der Waals surface area (Å²) in [6.45, 7) is 7.05. The number of rotatable bonds is 4. The Labute approximate surface area is 104 Å². The van der Waals surface area contributed by atoms with Crippen molar-refractivity contribution in [2.75, 3.05) is 13.1 Å². The van der Waals surface area contributed by atoms with Gasteiger partial charge in [0, 0.05) is 19.0 Å². The zero-order valence-corrected chi connectivity index (χ0v) is 11.1. The number of carboxylic acids is 1. The van der Waals surface area contributed by atoms with Crippen LogP contribution in [0, 0.1) is 11.3 Å². The largest absolute Gasteiger partial charge is 0.481 e. The molecule has 1 saturated heterocycles. The quantitative estimate of drug-likeness (QED) is 0.820. The van der Waals surface area contributed by atoms with Gasteiger partial charge in [0.1, 0.15) is 0 Å². The Morgan fingerprint density at radius 1 is 1.41 bits per heavy atom. The van der Waals surface area contributed by atoms with Gasteiger partial charge in [0.25, 0.3) is 0 Å². The molecule has 1 heterocycles. The molecular formula is C14H25NO2. The molecule has 98 valence electrons. The topological polar surface area (TPSA) is 40.5 Å². The van der Waals surface area contributed by atoms with Crippen LogP contribution in [0.1, 0.15) is 52.4 Å². The van der Waals surface area contributed by atoms with E-state index in [4.69, 9.17) is 5.11 Å². The molecule has 0 aromatic rings. The fourth-order valence-electron chi connectivity index (χ4n) is 3.47. The maximum Gasteiger partial charge on any atom is 0.303 e. The number of aliphatic carboxylic acids is 1. The molecule has 17 heavy (non-hydrogen) atoms. The van der Waals surface area contributed by atoms with Crippen LogP contribution in [-0.4, -0.2) is 35.1 Å². The SMILES string of the molecule is CC1(C)CCC(N2CCC(CCC(=O)O)C2)C1. The van der Waals surface area contributed by atoms with E-state index in [2.05, 4.69) is 18.7 Å². The molecule has 1 N–H and O–H groups in total. The first-order valence-electron chi connectivity index (χ1n) is 6.92. The fourth-order valence-corrected chi connectivity index (χ4v) is 3.47. The number of hydrogen-bond acceptors (Lipinski definition) is 2. The third-order valence-electron chi connectivity index (χ3n) is 4.54. The summed E-state index contributed by atoms with van der Waals surface area (Å²) in [6.07, 6.45) is 6.39. The first kappa shape index (κ1) is 12.9. The van der Waals surface area contributed by atoms with Gasteiger partial charge in [-0.15, -0.1) is 0 Å². The Morgan fingerprint density at radius 2 is 2.18 bits per heavy atom. The van der Waals surface area contributed by atoms with E-state index in [1.54, 1.807) is 0 Å². The van der Waals surface area contributed by atoms with Gasteiger partial charge < -0.3 is 10.0 Å². The minimum Gasteiger partial charge on any atom is -0.481 e. The number of nitrogens with zero attached hydrogens (tertiary/aromatic N) is 1. The van der Waals surface area contributed by atoms with E-state index in [0.717, 1.165) is 19.0 Å². The van der Waals surface area contributed by atoms with E-state index in [-0.39, 0.29) is 0 Å². The molecular weight excluding hydrogens is 214 g/mol. The Kier molecular flexibility index (Phi) is 3.76. The predicted molar refractivity (Wildman–Crippen MR) is 68.0 cm³/mol. The van der Waals surface area contributed by atoms with Gasteiger partial charge in [-0.05, 0) is 50.0 Å². The summed E-state index contributed by atoms with van der Waals surface area (Å²) in [4.78, 5) is 13.2. The van der Waals surface area contributed by atoms with Crippen LogP contribution in [0.2, 0.25) is 0 Å². The number of likely N-dealkylation sites (tertiary alicyclic amines) is 1. The van der Waals surface area contributed by atoms with Gasteiger partial charge in [0.15, 0.2) is 0 Å². The highest BCUT2D eigenvalue weighted by atomic mass is 16.4. The summed E-state index contributed by atoms with van der Waals surface area (Å²) in [5.41, 5.74) is 0.518. The van der Waals surface area contributed by atoms with Gasteiger partial charge in [-0.2, -0.15) is 0 Å². The van der Waals surface area contributed by atoms with Crippen LogP contribution in [-0.2, 0) is 4.79 Å². The van der Waals surface area contributed by atoms with Crippen LogP contribution in [0.4, 0.5) is 0 Å². The first-order chi connectivity index (χ1) is 7.96. The molecule has 1 aliphatic carbocycles. The minimum absolute atomic E-state index is 0.342. The molecule has 0 aromatic heterocycles. The second-order valence-electron chi connectivity index (χ2n) is 6.64. The summed E-state index contributed by atoms with van der Waals surface area (Å²) < 4.78 is 0. The molecule has 2 rings (SSSR count). The summed E-state index contributed by atoms with van der Waals surface area (Å²) in [6, 6.07) is 0.764. The molecule has 0 spiro atoms. The third-order valence-corrected chi connectivity index (χ3v) is 4.54. The molecule has 0 amide bonds. The Bertz CT molecular complexity index is 288. The van der Waals surface area contributed by atoms with Crippen LogP contribution < -0.4 is 0 Å². The highest BCUT2D eigenvalue weighted by Crippen LogP contribution is 2.41. The monoisotopic (exact) mass is 239 g/mol. The van der Waals surface area contributed by atoms with Gasteiger partial charge in [-0.3, -0.25) is 4.79 Å². The van der Waals surface area contributed by atoms with E-state index < -0.39 is 5.97 Å². The zero-order valence-electron chi connectivity index (χ0n) is 11.1. The number of carbonyl (C=O) groups is 1. The van der Waals surface area contributed by atoms with Crippen molar-refractivity contribution < 1.29 is 9.90 Å². The summed E-state index contributed by atoms with van der Waals surface area (Å²) in [5, 5.41) is 8.71. The van der Waals surface area contributed by atoms with E-state index in [0.29, 0.717) is 17.8 Å². The highest BCUT2D eigenvalue weighted by molar-refractivity contribution is 5.66. The van der Waals surface area contributed by atoms with E-state index in [9.17, 15) is 4.79 Å². The van der Waals surface area contributed by atoms with Crippen LogP contribution in [0.5, 0.6) is 0 Å². The second-order valence-corrected chi connectivity index (χ2v) is 6.64. The average molecular weight is 239 g/mol. The van der Waals surface area contributed by atoms with Gasteiger partial charge in [0.05, 0.1) is 0 Å². The number of hydrogen-bond donors (Lipinski definition) is 1. The summed E-state index contributed by atoms with van der Waals surface area (Å²) in [5.74, 6) is -0.0275. The molecule has 1 saturated carbocycles. The van der Waals surface area contributed by atoms with E-state index in [1.165, 1.54) is 32.2 Å². The lowest BCUT2D eigenvalue weighted by atomic mass is 9.91. The minimum atomic E-state index is -0.648. The van der Waals surface area contributed by atoms with E-state index in [1.807, 2.05) is 0 Å². The van der Waals surface area contributed by atoms with Crippen LogP contribution in [0.15, 0.2) is 0 Å². The van der Waals surface area contributed by atoms with Gasteiger partial charge in [-0.25, -0.2) is 0 Å². The molecule has 1 aliphatic heterocycles. The molecule has 3 heteroatoms. The maximum absolute atomic E-state index is 10.6. The van der Waals surface area contributed by atoms with Crippen molar-refractivity contribution in [2.24, 2.45) is 11.3 Å². The lowest BCUT2D eigenvalue weighted by molar-refractivity contribution is -0.137. The summed E-state index contributed by atoms with van der Waals surface area (Å²) >= 11 is 0. The average Bonchev–Trinajstić information content (AvgIpc) is 2.81. The number of carboxylic acid groups (broad SMARTS) is 1. The van der Waals surface area contributed by atoms with Crippen molar-refractivity contribution in [1.82, 2.24) is 4.90 Å². The molecule has 0 radical (unpaired) electrons. The van der Waals surface area contributed by atoms with Crippen LogP contribution >= 0.6 is 0 Å². The third kappa shape index (κ3) is 3.44. The van der Waals surface area contributed by atoms with Crippen molar-refractivity contribution in [3.63, 3.8) is 0 Å². The van der Waals surface area contributed by atoms with Gasteiger partial charge in [0.2, 0.25) is 0 Å². The van der Waals surface area contributed by atoms with Gasteiger partial charge >= 0.3 is 5.97 Å².